The van der Waals surface area contributed by atoms with Gasteiger partial charge in [-0.05, 0) is 25.6 Å². The van der Waals surface area contributed by atoms with Crippen LogP contribution in [-0.4, -0.2) is 12.8 Å². The van der Waals surface area contributed by atoms with Gasteiger partial charge >= 0.3 is 0 Å². The van der Waals surface area contributed by atoms with Crippen LogP contribution in [0.1, 0.15) is 33.1 Å². The lowest BCUT2D eigenvalue weighted by Gasteiger charge is -2.25. The zero-order valence-electron chi connectivity index (χ0n) is 10.3. The Bertz CT molecular complexity index is 286. The predicted molar refractivity (Wildman–Crippen MR) is 65.5 cm³/mol. The van der Waals surface area contributed by atoms with Crippen molar-refractivity contribution in [1.82, 2.24) is 0 Å². The molecule has 0 aromatic heterocycles. The summed E-state index contributed by atoms with van der Waals surface area (Å²) >= 11 is 0. The monoisotopic (exact) mass is 223 g/mol. The fraction of sp³-hybridized carbons (Fsp3) is 0.538. The first-order chi connectivity index (χ1) is 7.79. The van der Waals surface area contributed by atoms with Gasteiger partial charge in [-0.25, -0.2) is 0 Å². The lowest BCUT2D eigenvalue weighted by molar-refractivity contribution is -0.154. The number of allylic oxidation sites excluding steroid dienone is 4. The van der Waals surface area contributed by atoms with E-state index in [1.165, 1.54) is 7.05 Å². The molecule has 0 atom stereocenters. The molecule has 2 rings (SSSR count). The summed E-state index contributed by atoms with van der Waals surface area (Å²) < 4.78 is 11.7. The van der Waals surface area contributed by atoms with Crippen molar-refractivity contribution >= 4 is 0 Å². The van der Waals surface area contributed by atoms with E-state index in [9.17, 15) is 0 Å². The molecule has 0 amide bonds. The fourth-order valence-corrected chi connectivity index (χ4v) is 1.72. The minimum Gasteiger partial charge on any atom is -0.448 e. The van der Waals surface area contributed by atoms with Crippen LogP contribution in [0.5, 0.6) is 0 Å². The van der Waals surface area contributed by atoms with E-state index >= 15 is 0 Å². The standard InChI is InChI=1S/C12H16O2.CH5N/c1-3-12(4-2)13-10-8-6-5-7-9-11(10)14-12;1-2/h6-9H,3-5H2,1-2H3;2H2,1H3. The van der Waals surface area contributed by atoms with Crippen molar-refractivity contribution in [1.29, 1.82) is 0 Å². The zero-order chi connectivity index (χ0) is 12.0. The molecule has 2 aliphatic rings. The van der Waals surface area contributed by atoms with Gasteiger partial charge in [0.1, 0.15) is 0 Å². The molecule has 0 fully saturated rings. The summed E-state index contributed by atoms with van der Waals surface area (Å²) in [5.41, 5.74) is 4.50. The summed E-state index contributed by atoms with van der Waals surface area (Å²) in [6.07, 6.45) is 10.9. The summed E-state index contributed by atoms with van der Waals surface area (Å²) in [5, 5.41) is 0. The van der Waals surface area contributed by atoms with Gasteiger partial charge in [0.15, 0.2) is 11.5 Å². The van der Waals surface area contributed by atoms with E-state index in [0.717, 1.165) is 30.8 Å². The Morgan fingerprint density at radius 1 is 1.06 bits per heavy atom. The third-order valence-electron chi connectivity index (χ3n) is 2.72. The minimum atomic E-state index is -0.420. The molecule has 3 nitrogen and oxygen atoms in total. The second-order valence-corrected chi connectivity index (χ2v) is 3.59. The molecule has 0 aromatic carbocycles. The molecular formula is C13H21NO2. The van der Waals surface area contributed by atoms with E-state index in [1.807, 2.05) is 12.2 Å². The molecule has 0 radical (unpaired) electrons. The van der Waals surface area contributed by atoms with E-state index < -0.39 is 5.79 Å². The van der Waals surface area contributed by atoms with Crippen LogP contribution in [0.4, 0.5) is 0 Å². The number of hydrogen-bond acceptors (Lipinski definition) is 3. The van der Waals surface area contributed by atoms with Gasteiger partial charge in [0.25, 0.3) is 5.79 Å². The SMILES string of the molecule is CCC1(CC)OC2=C(C=CCC=C2)O1.CN. The summed E-state index contributed by atoms with van der Waals surface area (Å²) in [5.74, 6) is 1.33. The molecule has 1 aliphatic carbocycles. The molecule has 3 heteroatoms. The second-order valence-electron chi connectivity index (χ2n) is 3.59. The first-order valence-corrected chi connectivity index (χ1v) is 5.83. The summed E-state index contributed by atoms with van der Waals surface area (Å²) in [6.45, 7) is 4.17. The van der Waals surface area contributed by atoms with Gasteiger partial charge in [0.2, 0.25) is 0 Å². The Morgan fingerprint density at radius 2 is 1.50 bits per heavy atom. The van der Waals surface area contributed by atoms with Crippen molar-refractivity contribution in [2.45, 2.75) is 38.9 Å². The average molecular weight is 223 g/mol. The third kappa shape index (κ3) is 2.47. The van der Waals surface area contributed by atoms with Crippen LogP contribution in [0.25, 0.3) is 0 Å². The molecule has 2 N–H and O–H groups in total. The summed E-state index contributed by atoms with van der Waals surface area (Å²) in [4.78, 5) is 0. The highest BCUT2D eigenvalue weighted by Crippen LogP contribution is 2.37. The van der Waals surface area contributed by atoms with Gasteiger partial charge in [-0.2, -0.15) is 0 Å². The van der Waals surface area contributed by atoms with Gasteiger partial charge in [-0.15, -0.1) is 0 Å². The molecule has 0 saturated heterocycles. The van der Waals surface area contributed by atoms with Crippen LogP contribution in [0, 0.1) is 0 Å². The fourth-order valence-electron chi connectivity index (χ4n) is 1.72. The smallest absolute Gasteiger partial charge is 0.251 e. The van der Waals surface area contributed by atoms with Gasteiger partial charge in [0, 0.05) is 12.8 Å². The van der Waals surface area contributed by atoms with Crippen molar-refractivity contribution in [2.75, 3.05) is 7.05 Å². The molecule has 90 valence electrons. The number of ether oxygens (including phenoxy) is 2. The van der Waals surface area contributed by atoms with Gasteiger partial charge in [0.05, 0.1) is 0 Å². The van der Waals surface area contributed by atoms with E-state index in [1.54, 1.807) is 0 Å². The number of nitrogens with two attached hydrogens (primary N) is 1. The quantitative estimate of drug-likeness (QED) is 0.783. The van der Waals surface area contributed by atoms with E-state index in [-0.39, 0.29) is 0 Å². The van der Waals surface area contributed by atoms with Crippen LogP contribution >= 0.6 is 0 Å². The van der Waals surface area contributed by atoms with Gasteiger partial charge in [-0.1, -0.05) is 26.0 Å². The topological polar surface area (TPSA) is 44.5 Å². The molecule has 0 aromatic rings. The van der Waals surface area contributed by atoms with Crippen molar-refractivity contribution in [3.63, 3.8) is 0 Å². The highest BCUT2D eigenvalue weighted by atomic mass is 16.7. The second kappa shape index (κ2) is 5.75. The first-order valence-electron chi connectivity index (χ1n) is 5.83. The molecule has 1 aliphatic heterocycles. The molecular weight excluding hydrogens is 202 g/mol. The normalized spacial score (nSPS) is 20.2. The molecule has 0 spiro atoms. The Balaban J connectivity index is 0.000000606. The van der Waals surface area contributed by atoms with Crippen LogP contribution in [0.2, 0.25) is 0 Å². The Hall–Kier alpha value is -1.22. The maximum absolute atomic E-state index is 5.85. The number of hydrogen-bond donors (Lipinski definition) is 1. The molecule has 16 heavy (non-hydrogen) atoms. The largest absolute Gasteiger partial charge is 0.448 e. The Morgan fingerprint density at radius 3 is 1.88 bits per heavy atom. The van der Waals surface area contributed by atoms with Gasteiger partial charge in [-0.3, -0.25) is 0 Å². The third-order valence-corrected chi connectivity index (χ3v) is 2.72. The average Bonchev–Trinajstić information content (AvgIpc) is 2.58. The first kappa shape index (κ1) is 12.8. The maximum Gasteiger partial charge on any atom is 0.251 e. The van der Waals surface area contributed by atoms with Crippen molar-refractivity contribution in [3.05, 3.63) is 35.8 Å². The molecule has 0 unspecified atom stereocenters. The lowest BCUT2D eigenvalue weighted by atomic mass is 10.1. The van der Waals surface area contributed by atoms with Gasteiger partial charge < -0.3 is 15.2 Å². The van der Waals surface area contributed by atoms with Crippen LogP contribution in [-0.2, 0) is 9.47 Å². The van der Waals surface area contributed by atoms with E-state index in [2.05, 4.69) is 31.7 Å². The molecule has 0 bridgehead atoms. The van der Waals surface area contributed by atoms with Crippen molar-refractivity contribution in [2.24, 2.45) is 5.73 Å². The summed E-state index contributed by atoms with van der Waals surface area (Å²) in [6, 6.07) is 0. The van der Waals surface area contributed by atoms with E-state index in [0.29, 0.717) is 0 Å². The summed E-state index contributed by atoms with van der Waals surface area (Å²) in [7, 11) is 1.50. The maximum atomic E-state index is 5.85. The highest BCUT2D eigenvalue weighted by molar-refractivity contribution is 5.31. The molecule has 0 saturated carbocycles. The van der Waals surface area contributed by atoms with Crippen LogP contribution in [0.15, 0.2) is 35.8 Å². The van der Waals surface area contributed by atoms with E-state index in [4.69, 9.17) is 9.47 Å². The minimum absolute atomic E-state index is 0.420. The Labute approximate surface area is 97.6 Å². The zero-order valence-corrected chi connectivity index (χ0v) is 10.3. The number of rotatable bonds is 2. The van der Waals surface area contributed by atoms with Crippen LogP contribution < -0.4 is 5.73 Å². The molecule has 1 heterocycles. The highest BCUT2D eigenvalue weighted by Gasteiger charge is 2.38. The lowest BCUT2D eigenvalue weighted by Crippen LogP contribution is -2.28. The Kier molecular flexibility index (Phi) is 4.62. The van der Waals surface area contributed by atoms with Crippen molar-refractivity contribution < 1.29 is 9.47 Å². The van der Waals surface area contributed by atoms with Crippen molar-refractivity contribution in [3.8, 4) is 0 Å². The van der Waals surface area contributed by atoms with Crippen LogP contribution in [0.3, 0.4) is 0 Å². The predicted octanol–water partition coefficient (Wildman–Crippen LogP) is 2.85.